The smallest absolute Gasteiger partial charge is 0.273 e. The zero-order valence-corrected chi connectivity index (χ0v) is 18.6. The van der Waals surface area contributed by atoms with Gasteiger partial charge < -0.3 is 14.4 Å². The Morgan fingerprint density at radius 2 is 1.81 bits per heavy atom. The molecule has 7 nitrogen and oxygen atoms in total. The minimum Gasteiger partial charge on any atom is -0.493 e. The monoisotopic (exact) mass is 446 g/mol. The summed E-state index contributed by atoms with van der Waals surface area (Å²) in [6.07, 6.45) is 4.47. The van der Waals surface area contributed by atoms with Gasteiger partial charge in [-0.2, -0.15) is 5.10 Å². The maximum absolute atomic E-state index is 13.2. The van der Waals surface area contributed by atoms with Gasteiger partial charge in [-0.1, -0.05) is 18.2 Å². The van der Waals surface area contributed by atoms with E-state index in [1.807, 2.05) is 58.9 Å². The number of carbonyl (C=O) groups is 1. The van der Waals surface area contributed by atoms with Crippen LogP contribution >= 0.6 is 11.3 Å². The van der Waals surface area contributed by atoms with Crippen LogP contribution in [0.4, 0.5) is 0 Å². The number of fused-ring (bicyclic) bond motifs is 1. The number of hydrogen-bond donors (Lipinski definition) is 0. The number of nitrogens with zero attached hydrogens (tertiary/aromatic N) is 4. The standard InChI is InChI=1S/C24H22N4O3S/c1-30-21-10-16-8-9-27(13-17(16)11-22(21)31-2)24(29)20-15-32-23(26-20)18-12-25-28(14-18)19-6-4-3-5-7-19/h3-7,10-12,14-15H,8-9,13H2,1-2H3. The number of carbonyl (C=O) groups excluding carboxylic acids is 1. The molecular weight excluding hydrogens is 424 g/mol. The minimum atomic E-state index is -0.0663. The number of ether oxygens (including phenoxy) is 2. The fourth-order valence-corrected chi connectivity index (χ4v) is 4.65. The first kappa shape index (κ1) is 20.3. The molecule has 8 heteroatoms. The molecule has 2 aromatic heterocycles. The van der Waals surface area contributed by atoms with Crippen LogP contribution in [0.15, 0.2) is 60.2 Å². The maximum Gasteiger partial charge on any atom is 0.273 e. The molecule has 1 amide bonds. The Morgan fingerprint density at radius 3 is 2.56 bits per heavy atom. The molecule has 2 aromatic carbocycles. The van der Waals surface area contributed by atoms with Gasteiger partial charge in [0.05, 0.1) is 26.1 Å². The summed E-state index contributed by atoms with van der Waals surface area (Å²) in [5, 5.41) is 7.03. The average Bonchev–Trinajstić information content (AvgIpc) is 3.53. The second-order valence-electron chi connectivity index (χ2n) is 7.50. The van der Waals surface area contributed by atoms with Crippen LogP contribution in [0.5, 0.6) is 11.5 Å². The molecule has 4 aromatic rings. The van der Waals surface area contributed by atoms with E-state index in [0.29, 0.717) is 30.3 Å². The zero-order chi connectivity index (χ0) is 22.1. The highest BCUT2D eigenvalue weighted by atomic mass is 32.1. The largest absolute Gasteiger partial charge is 0.493 e. The first-order chi connectivity index (χ1) is 15.7. The van der Waals surface area contributed by atoms with Crippen LogP contribution < -0.4 is 9.47 Å². The highest BCUT2D eigenvalue weighted by Crippen LogP contribution is 2.34. The molecule has 0 N–H and O–H groups in total. The summed E-state index contributed by atoms with van der Waals surface area (Å²) in [6.45, 7) is 1.16. The number of hydrogen-bond acceptors (Lipinski definition) is 6. The minimum absolute atomic E-state index is 0.0663. The fraction of sp³-hybridized carbons (Fsp3) is 0.208. The van der Waals surface area contributed by atoms with E-state index in [4.69, 9.17) is 9.47 Å². The lowest BCUT2D eigenvalue weighted by Crippen LogP contribution is -2.36. The van der Waals surface area contributed by atoms with Crippen LogP contribution in [0.3, 0.4) is 0 Å². The number of amides is 1. The van der Waals surface area contributed by atoms with Gasteiger partial charge in [0.25, 0.3) is 5.91 Å². The first-order valence-electron chi connectivity index (χ1n) is 10.3. The van der Waals surface area contributed by atoms with Gasteiger partial charge in [0.15, 0.2) is 11.5 Å². The summed E-state index contributed by atoms with van der Waals surface area (Å²) in [6, 6.07) is 13.9. The van der Waals surface area contributed by atoms with E-state index >= 15 is 0 Å². The molecule has 32 heavy (non-hydrogen) atoms. The van der Waals surface area contributed by atoms with Crippen LogP contribution in [0.25, 0.3) is 16.3 Å². The Labute approximate surface area is 189 Å². The van der Waals surface area contributed by atoms with Crippen LogP contribution in [0.2, 0.25) is 0 Å². The highest BCUT2D eigenvalue weighted by Gasteiger charge is 2.25. The summed E-state index contributed by atoms with van der Waals surface area (Å²) in [5.74, 6) is 1.32. The molecule has 0 spiro atoms. The van der Waals surface area contributed by atoms with Crippen LogP contribution in [0.1, 0.15) is 21.6 Å². The van der Waals surface area contributed by atoms with Crippen molar-refractivity contribution in [3.05, 3.63) is 77.1 Å². The molecule has 162 valence electrons. The Morgan fingerprint density at radius 1 is 1.06 bits per heavy atom. The van der Waals surface area contributed by atoms with Gasteiger partial charge in [0.2, 0.25) is 0 Å². The van der Waals surface area contributed by atoms with Crippen molar-refractivity contribution in [1.29, 1.82) is 0 Å². The summed E-state index contributed by atoms with van der Waals surface area (Å²) < 4.78 is 12.6. The van der Waals surface area contributed by atoms with E-state index in [2.05, 4.69) is 10.1 Å². The second kappa shape index (κ2) is 8.47. The molecule has 5 rings (SSSR count). The van der Waals surface area contributed by atoms with Gasteiger partial charge in [-0.15, -0.1) is 11.3 Å². The zero-order valence-electron chi connectivity index (χ0n) is 17.8. The van der Waals surface area contributed by atoms with Crippen molar-refractivity contribution in [2.24, 2.45) is 0 Å². The third kappa shape index (κ3) is 3.73. The van der Waals surface area contributed by atoms with Gasteiger partial charge in [0, 0.05) is 30.2 Å². The molecule has 0 bridgehead atoms. The van der Waals surface area contributed by atoms with E-state index in [0.717, 1.165) is 28.2 Å². The number of aromatic nitrogens is 3. The SMILES string of the molecule is COc1cc2c(cc1OC)CN(C(=O)c1csc(-c3cnn(-c4ccccc4)c3)n1)CC2. The Balaban J connectivity index is 1.34. The maximum atomic E-state index is 13.2. The lowest BCUT2D eigenvalue weighted by atomic mass is 9.98. The lowest BCUT2D eigenvalue weighted by molar-refractivity contribution is 0.0729. The summed E-state index contributed by atoms with van der Waals surface area (Å²) in [4.78, 5) is 19.6. The van der Waals surface area contributed by atoms with E-state index in [1.165, 1.54) is 16.9 Å². The Hall–Kier alpha value is -3.65. The molecule has 0 atom stereocenters. The molecule has 0 aliphatic carbocycles. The van der Waals surface area contributed by atoms with Crippen molar-refractivity contribution in [1.82, 2.24) is 19.7 Å². The number of rotatable bonds is 5. The number of para-hydroxylation sites is 1. The Bertz CT molecular complexity index is 1270. The van der Waals surface area contributed by atoms with Crippen LogP contribution in [0, 0.1) is 0 Å². The molecule has 0 saturated carbocycles. The third-order valence-corrected chi connectivity index (χ3v) is 6.47. The van der Waals surface area contributed by atoms with Crippen molar-refractivity contribution in [3.63, 3.8) is 0 Å². The van der Waals surface area contributed by atoms with E-state index < -0.39 is 0 Å². The van der Waals surface area contributed by atoms with Crippen LogP contribution in [-0.2, 0) is 13.0 Å². The van der Waals surface area contributed by atoms with Gasteiger partial charge in [-0.25, -0.2) is 9.67 Å². The van der Waals surface area contributed by atoms with Gasteiger partial charge in [-0.3, -0.25) is 4.79 Å². The Kier molecular flexibility index (Phi) is 5.36. The highest BCUT2D eigenvalue weighted by molar-refractivity contribution is 7.13. The molecule has 0 saturated heterocycles. The lowest BCUT2D eigenvalue weighted by Gasteiger charge is -2.29. The topological polar surface area (TPSA) is 69.5 Å². The van der Waals surface area contributed by atoms with Crippen molar-refractivity contribution in [3.8, 4) is 27.8 Å². The van der Waals surface area contributed by atoms with Crippen molar-refractivity contribution >= 4 is 17.2 Å². The summed E-state index contributed by atoms with van der Waals surface area (Å²) in [5.41, 5.74) is 4.58. The van der Waals surface area contributed by atoms with Crippen molar-refractivity contribution in [2.75, 3.05) is 20.8 Å². The van der Waals surface area contributed by atoms with E-state index in [1.54, 1.807) is 25.1 Å². The predicted molar refractivity (Wildman–Crippen MR) is 123 cm³/mol. The fourth-order valence-electron chi connectivity index (χ4n) is 3.88. The molecular formula is C24H22N4O3S. The van der Waals surface area contributed by atoms with Crippen molar-refractivity contribution < 1.29 is 14.3 Å². The normalized spacial score (nSPS) is 13.0. The summed E-state index contributed by atoms with van der Waals surface area (Å²) >= 11 is 1.45. The molecule has 1 aliphatic heterocycles. The first-order valence-corrected chi connectivity index (χ1v) is 11.1. The molecule has 1 aliphatic rings. The summed E-state index contributed by atoms with van der Waals surface area (Å²) in [7, 11) is 3.25. The van der Waals surface area contributed by atoms with Gasteiger partial charge in [-0.05, 0) is 41.8 Å². The average molecular weight is 447 g/mol. The second-order valence-corrected chi connectivity index (χ2v) is 8.36. The molecule has 0 radical (unpaired) electrons. The number of thiazole rings is 1. The molecule has 0 unspecified atom stereocenters. The van der Waals surface area contributed by atoms with Crippen LogP contribution in [-0.4, -0.2) is 46.3 Å². The third-order valence-electron chi connectivity index (χ3n) is 5.58. The van der Waals surface area contributed by atoms with Gasteiger partial charge >= 0.3 is 0 Å². The van der Waals surface area contributed by atoms with E-state index in [9.17, 15) is 4.79 Å². The van der Waals surface area contributed by atoms with Gasteiger partial charge in [0.1, 0.15) is 10.7 Å². The van der Waals surface area contributed by atoms with Crippen molar-refractivity contribution in [2.45, 2.75) is 13.0 Å². The quantitative estimate of drug-likeness (QED) is 0.459. The number of benzene rings is 2. The number of methoxy groups -OCH3 is 2. The van der Waals surface area contributed by atoms with E-state index in [-0.39, 0.29) is 5.91 Å². The molecule has 3 heterocycles. The molecule has 0 fully saturated rings. The predicted octanol–water partition coefficient (Wildman–Crippen LogP) is 4.21.